The van der Waals surface area contributed by atoms with Crippen molar-refractivity contribution in [2.24, 2.45) is 10.9 Å². The van der Waals surface area contributed by atoms with Crippen LogP contribution in [0.4, 0.5) is 0 Å². The molecule has 0 saturated carbocycles. The van der Waals surface area contributed by atoms with Crippen LogP contribution in [0.3, 0.4) is 0 Å². The van der Waals surface area contributed by atoms with E-state index in [9.17, 15) is 4.79 Å². The minimum absolute atomic E-state index is 0.0159. The molecule has 6 nitrogen and oxygen atoms in total. The van der Waals surface area contributed by atoms with Crippen LogP contribution in [-0.4, -0.2) is 69.1 Å². The molecule has 1 aliphatic rings. The van der Waals surface area contributed by atoms with Gasteiger partial charge < -0.3 is 19.9 Å². The van der Waals surface area contributed by atoms with Gasteiger partial charge in [0, 0.05) is 51.2 Å². The SMILES string of the molecule is CN(C)C(=O)CN=C(NCC1CCOC1)N(C)Cc1ccccc1Br. The van der Waals surface area contributed by atoms with E-state index in [2.05, 4.69) is 32.3 Å². The van der Waals surface area contributed by atoms with Gasteiger partial charge >= 0.3 is 0 Å². The van der Waals surface area contributed by atoms with E-state index in [0.717, 1.165) is 36.6 Å². The molecule has 7 heteroatoms. The Kier molecular flexibility index (Phi) is 7.71. The molecule has 25 heavy (non-hydrogen) atoms. The quantitative estimate of drug-likeness (QED) is 0.575. The van der Waals surface area contributed by atoms with Gasteiger partial charge in [0.1, 0.15) is 6.54 Å². The third-order valence-corrected chi connectivity index (χ3v) is 4.94. The predicted molar refractivity (Wildman–Crippen MR) is 104 cm³/mol. The first-order chi connectivity index (χ1) is 12.0. The van der Waals surface area contributed by atoms with Crippen LogP contribution in [0.25, 0.3) is 0 Å². The van der Waals surface area contributed by atoms with Crippen molar-refractivity contribution in [3.63, 3.8) is 0 Å². The molecule has 138 valence electrons. The Morgan fingerprint density at radius 2 is 2.12 bits per heavy atom. The molecule has 1 unspecified atom stereocenters. The molecule has 1 saturated heterocycles. The Balaban J connectivity index is 2.04. The highest BCUT2D eigenvalue weighted by Gasteiger charge is 2.17. The zero-order valence-electron chi connectivity index (χ0n) is 15.2. The second-order valence-electron chi connectivity index (χ2n) is 6.49. The second-order valence-corrected chi connectivity index (χ2v) is 7.34. The lowest BCUT2D eigenvalue weighted by atomic mass is 10.1. The number of aliphatic imine (C=N–C) groups is 1. The molecule has 1 aromatic rings. The molecule has 1 fully saturated rings. The van der Waals surface area contributed by atoms with E-state index >= 15 is 0 Å². The number of hydrogen-bond donors (Lipinski definition) is 1. The number of carbonyl (C=O) groups is 1. The van der Waals surface area contributed by atoms with E-state index in [0.29, 0.717) is 12.5 Å². The van der Waals surface area contributed by atoms with Gasteiger partial charge in [0.2, 0.25) is 5.91 Å². The minimum atomic E-state index is -0.0159. The number of nitrogens with one attached hydrogen (secondary N) is 1. The minimum Gasteiger partial charge on any atom is -0.381 e. The zero-order chi connectivity index (χ0) is 18.2. The molecule has 0 aliphatic carbocycles. The van der Waals surface area contributed by atoms with Crippen molar-refractivity contribution in [3.8, 4) is 0 Å². The van der Waals surface area contributed by atoms with Gasteiger partial charge in [-0.3, -0.25) is 4.79 Å². The lowest BCUT2D eigenvalue weighted by Gasteiger charge is -2.24. The van der Waals surface area contributed by atoms with Crippen LogP contribution in [0.15, 0.2) is 33.7 Å². The number of amides is 1. The van der Waals surface area contributed by atoms with Crippen molar-refractivity contribution in [2.75, 3.05) is 47.4 Å². The Morgan fingerprint density at radius 1 is 1.36 bits per heavy atom. The predicted octanol–water partition coefficient (Wildman–Crippen LogP) is 1.95. The molecule has 1 aliphatic heterocycles. The topological polar surface area (TPSA) is 57.2 Å². The highest BCUT2D eigenvalue weighted by molar-refractivity contribution is 9.10. The maximum Gasteiger partial charge on any atom is 0.243 e. The van der Waals surface area contributed by atoms with E-state index < -0.39 is 0 Å². The van der Waals surface area contributed by atoms with E-state index in [1.807, 2.05) is 30.1 Å². The largest absolute Gasteiger partial charge is 0.381 e. The van der Waals surface area contributed by atoms with Crippen LogP contribution in [0.2, 0.25) is 0 Å². The van der Waals surface area contributed by atoms with Gasteiger partial charge in [0.15, 0.2) is 5.96 Å². The van der Waals surface area contributed by atoms with E-state index in [1.165, 1.54) is 5.56 Å². The highest BCUT2D eigenvalue weighted by Crippen LogP contribution is 2.17. The third kappa shape index (κ3) is 6.32. The summed E-state index contributed by atoms with van der Waals surface area (Å²) in [6.45, 7) is 3.24. The van der Waals surface area contributed by atoms with Gasteiger partial charge in [-0.1, -0.05) is 34.1 Å². The monoisotopic (exact) mass is 410 g/mol. The fraction of sp³-hybridized carbons (Fsp3) is 0.556. The average molecular weight is 411 g/mol. The number of carbonyl (C=O) groups excluding carboxylic acids is 1. The molecular formula is C18H27BrN4O2. The Morgan fingerprint density at radius 3 is 2.76 bits per heavy atom. The van der Waals surface area contributed by atoms with Gasteiger partial charge in [-0.15, -0.1) is 0 Å². The van der Waals surface area contributed by atoms with Crippen LogP contribution in [0.1, 0.15) is 12.0 Å². The van der Waals surface area contributed by atoms with Crippen LogP contribution in [-0.2, 0) is 16.1 Å². The van der Waals surface area contributed by atoms with Gasteiger partial charge in [0.25, 0.3) is 0 Å². The Labute approximate surface area is 158 Å². The summed E-state index contributed by atoms with van der Waals surface area (Å²) in [5.74, 6) is 1.21. The lowest BCUT2D eigenvalue weighted by Crippen LogP contribution is -2.41. The summed E-state index contributed by atoms with van der Waals surface area (Å²) in [7, 11) is 5.47. The fourth-order valence-electron chi connectivity index (χ4n) is 2.53. The number of nitrogens with zero attached hydrogens (tertiary/aromatic N) is 3. The van der Waals surface area contributed by atoms with Gasteiger partial charge in [-0.05, 0) is 18.1 Å². The molecule has 1 aromatic carbocycles. The van der Waals surface area contributed by atoms with Crippen molar-refractivity contribution in [1.29, 1.82) is 0 Å². The average Bonchev–Trinajstić information content (AvgIpc) is 3.10. The summed E-state index contributed by atoms with van der Waals surface area (Å²) in [5.41, 5.74) is 1.17. The molecule has 0 spiro atoms. The van der Waals surface area contributed by atoms with Crippen LogP contribution < -0.4 is 5.32 Å². The maximum absolute atomic E-state index is 11.9. The Hall–Kier alpha value is -1.60. The molecule has 0 bridgehead atoms. The van der Waals surface area contributed by atoms with E-state index in [-0.39, 0.29) is 12.5 Å². The molecule has 1 atom stereocenters. The second kappa shape index (κ2) is 9.77. The van der Waals surface area contributed by atoms with Gasteiger partial charge in [-0.25, -0.2) is 4.99 Å². The van der Waals surface area contributed by atoms with Crippen molar-refractivity contribution < 1.29 is 9.53 Å². The molecule has 2 rings (SSSR count). The summed E-state index contributed by atoms with van der Waals surface area (Å²) in [6, 6.07) is 8.12. The number of ether oxygens (including phenoxy) is 1. The molecule has 1 heterocycles. The van der Waals surface area contributed by atoms with E-state index in [1.54, 1.807) is 19.0 Å². The number of guanidine groups is 1. The van der Waals surface area contributed by atoms with Crippen LogP contribution in [0, 0.1) is 5.92 Å². The van der Waals surface area contributed by atoms with Crippen molar-refractivity contribution in [3.05, 3.63) is 34.3 Å². The number of benzene rings is 1. The molecular weight excluding hydrogens is 384 g/mol. The smallest absolute Gasteiger partial charge is 0.243 e. The van der Waals surface area contributed by atoms with Gasteiger partial charge in [0.05, 0.1) is 6.61 Å². The molecule has 1 amide bonds. The van der Waals surface area contributed by atoms with Crippen molar-refractivity contribution in [2.45, 2.75) is 13.0 Å². The number of likely N-dealkylation sites (N-methyl/N-ethyl adjacent to an activating group) is 1. The summed E-state index contributed by atoms with van der Waals surface area (Å²) >= 11 is 3.58. The molecule has 1 N–H and O–H groups in total. The molecule has 0 radical (unpaired) electrons. The molecule has 0 aromatic heterocycles. The number of halogens is 1. The Bertz CT molecular complexity index is 600. The fourth-order valence-corrected chi connectivity index (χ4v) is 2.94. The highest BCUT2D eigenvalue weighted by atomic mass is 79.9. The number of hydrogen-bond acceptors (Lipinski definition) is 3. The summed E-state index contributed by atoms with van der Waals surface area (Å²) in [5, 5.41) is 3.41. The van der Waals surface area contributed by atoms with Crippen molar-refractivity contribution >= 4 is 27.8 Å². The standard InChI is InChI=1S/C18H27BrN4O2/c1-22(2)17(24)11-21-18(20-10-14-8-9-25-13-14)23(3)12-15-6-4-5-7-16(15)19/h4-7,14H,8-13H2,1-3H3,(H,20,21). The normalized spacial score (nSPS) is 17.4. The lowest BCUT2D eigenvalue weighted by molar-refractivity contribution is -0.127. The summed E-state index contributed by atoms with van der Waals surface area (Å²) in [4.78, 5) is 20.0. The zero-order valence-corrected chi connectivity index (χ0v) is 16.8. The summed E-state index contributed by atoms with van der Waals surface area (Å²) < 4.78 is 6.50. The van der Waals surface area contributed by atoms with Crippen LogP contribution >= 0.6 is 15.9 Å². The van der Waals surface area contributed by atoms with Crippen molar-refractivity contribution in [1.82, 2.24) is 15.1 Å². The van der Waals surface area contributed by atoms with Crippen LogP contribution in [0.5, 0.6) is 0 Å². The first kappa shape index (κ1) is 19.7. The summed E-state index contributed by atoms with van der Waals surface area (Å²) in [6.07, 6.45) is 1.06. The number of rotatable bonds is 6. The maximum atomic E-state index is 11.9. The first-order valence-corrected chi connectivity index (χ1v) is 9.27. The first-order valence-electron chi connectivity index (χ1n) is 8.48. The third-order valence-electron chi connectivity index (χ3n) is 4.16. The van der Waals surface area contributed by atoms with Gasteiger partial charge in [-0.2, -0.15) is 0 Å². The van der Waals surface area contributed by atoms with E-state index in [4.69, 9.17) is 4.74 Å².